The Bertz CT molecular complexity index is 485. The van der Waals surface area contributed by atoms with E-state index in [2.05, 4.69) is 26.0 Å². The van der Waals surface area contributed by atoms with Crippen LogP contribution in [0.4, 0.5) is 0 Å². The van der Waals surface area contributed by atoms with Gasteiger partial charge in [-0.3, -0.25) is 0 Å². The second kappa shape index (κ2) is 2.51. The van der Waals surface area contributed by atoms with Crippen molar-refractivity contribution in [2.45, 2.75) is 74.8 Å². The van der Waals surface area contributed by atoms with Crippen LogP contribution in [0.1, 0.15) is 52.4 Å². The zero-order valence-electron chi connectivity index (χ0n) is 11.2. The van der Waals surface area contributed by atoms with Gasteiger partial charge in [0.1, 0.15) is 22.4 Å². The van der Waals surface area contributed by atoms with Crippen LogP contribution in [0.5, 0.6) is 0 Å². The predicted octanol–water partition coefficient (Wildman–Crippen LogP) is 3.28. The molecular weight excluding hydrogens is 224 g/mol. The Balaban J connectivity index is 1.57. The Morgan fingerprint density at radius 2 is 1.22 bits per heavy atom. The summed E-state index contributed by atoms with van der Waals surface area (Å²) in [5.74, 6) is 0. The first-order valence-corrected chi connectivity index (χ1v) is 7.25. The van der Waals surface area contributed by atoms with Crippen LogP contribution in [-0.4, -0.2) is 22.4 Å². The summed E-state index contributed by atoms with van der Waals surface area (Å²) in [4.78, 5) is 0. The van der Waals surface area contributed by atoms with Gasteiger partial charge in [0, 0.05) is 25.7 Å². The molecule has 0 N–H and O–H groups in total. The van der Waals surface area contributed by atoms with Crippen LogP contribution in [0.15, 0.2) is 23.3 Å². The Morgan fingerprint density at radius 1 is 0.778 bits per heavy atom. The Labute approximate surface area is 108 Å². The highest BCUT2D eigenvalue weighted by molar-refractivity contribution is 5.42. The van der Waals surface area contributed by atoms with Gasteiger partial charge in [-0.15, -0.1) is 0 Å². The van der Waals surface area contributed by atoms with Gasteiger partial charge in [0.25, 0.3) is 0 Å². The lowest BCUT2D eigenvalue weighted by Gasteiger charge is -2.36. The van der Waals surface area contributed by atoms with Crippen molar-refractivity contribution in [3.05, 3.63) is 23.3 Å². The van der Waals surface area contributed by atoms with Crippen molar-refractivity contribution >= 4 is 0 Å². The number of hydrogen-bond donors (Lipinski definition) is 0. The molecule has 18 heavy (non-hydrogen) atoms. The first kappa shape index (κ1) is 10.2. The van der Waals surface area contributed by atoms with E-state index in [1.807, 2.05) is 0 Å². The third kappa shape index (κ3) is 0.905. The van der Waals surface area contributed by atoms with Crippen molar-refractivity contribution in [1.29, 1.82) is 0 Å². The molecule has 0 amide bonds. The smallest absolute Gasteiger partial charge is 0.105 e. The van der Waals surface area contributed by atoms with Gasteiger partial charge in [-0.1, -0.05) is 23.3 Å². The second-order valence-electron chi connectivity index (χ2n) is 7.40. The predicted molar refractivity (Wildman–Crippen MR) is 68.3 cm³/mol. The molecule has 2 aliphatic heterocycles. The molecule has 2 heteroatoms. The maximum absolute atomic E-state index is 6.35. The lowest BCUT2D eigenvalue weighted by Crippen LogP contribution is -2.46. The molecule has 0 aromatic heterocycles. The number of ether oxygens (including phenoxy) is 2. The van der Waals surface area contributed by atoms with Gasteiger partial charge >= 0.3 is 0 Å². The van der Waals surface area contributed by atoms with E-state index < -0.39 is 0 Å². The van der Waals surface area contributed by atoms with Crippen molar-refractivity contribution in [3.63, 3.8) is 0 Å². The summed E-state index contributed by atoms with van der Waals surface area (Å²) < 4.78 is 12.7. The number of hydrogen-bond acceptors (Lipinski definition) is 2. The normalized spacial score (nSPS) is 59.4. The monoisotopic (exact) mass is 244 g/mol. The van der Waals surface area contributed by atoms with E-state index in [0.717, 1.165) is 38.5 Å². The van der Waals surface area contributed by atoms with E-state index in [4.69, 9.17) is 9.47 Å². The maximum Gasteiger partial charge on any atom is 0.105 e. The summed E-state index contributed by atoms with van der Waals surface area (Å²) in [6, 6.07) is 0. The highest BCUT2D eigenvalue weighted by Gasteiger charge is 2.86. The van der Waals surface area contributed by atoms with Gasteiger partial charge in [0.05, 0.1) is 0 Å². The van der Waals surface area contributed by atoms with E-state index in [1.54, 1.807) is 0 Å². The van der Waals surface area contributed by atoms with Crippen molar-refractivity contribution in [2.75, 3.05) is 0 Å². The van der Waals surface area contributed by atoms with Crippen LogP contribution < -0.4 is 0 Å². The molecule has 0 bridgehead atoms. The number of rotatable bonds is 0. The van der Waals surface area contributed by atoms with Gasteiger partial charge in [0.15, 0.2) is 0 Å². The highest BCUT2D eigenvalue weighted by Crippen LogP contribution is 2.77. The SMILES string of the molecule is CC1=CC[C@]23C[C@]45CC(C)=CC[C@@]4(C[C@@]2(C1)O3)O5. The van der Waals surface area contributed by atoms with Crippen LogP contribution in [0.2, 0.25) is 0 Å². The molecule has 3 aliphatic carbocycles. The van der Waals surface area contributed by atoms with Gasteiger partial charge in [-0.05, 0) is 26.7 Å². The third-order valence-corrected chi connectivity index (χ3v) is 6.19. The average molecular weight is 244 g/mol. The standard InChI is InChI=1S/C16H20O2/c1-11-3-5-13-10-16-8-12(2)4-6-14(16,18-16)9-15(13,7-11)17-13/h3-4H,5-10H2,1-2H3/t13-,14-,15+,16+/m0/s1. The van der Waals surface area contributed by atoms with E-state index >= 15 is 0 Å². The summed E-state index contributed by atoms with van der Waals surface area (Å²) in [7, 11) is 0. The molecule has 2 heterocycles. The fourth-order valence-corrected chi connectivity index (χ4v) is 5.25. The van der Waals surface area contributed by atoms with E-state index in [0.29, 0.717) is 0 Å². The van der Waals surface area contributed by atoms with Crippen molar-refractivity contribution in [2.24, 2.45) is 0 Å². The summed E-state index contributed by atoms with van der Waals surface area (Å²) in [6.45, 7) is 4.50. The minimum absolute atomic E-state index is 0.143. The molecule has 3 fully saturated rings. The van der Waals surface area contributed by atoms with E-state index in [-0.39, 0.29) is 22.4 Å². The van der Waals surface area contributed by atoms with Gasteiger partial charge in [-0.25, -0.2) is 0 Å². The molecule has 1 saturated carbocycles. The first-order valence-electron chi connectivity index (χ1n) is 7.25. The van der Waals surface area contributed by atoms with Gasteiger partial charge in [0.2, 0.25) is 0 Å². The quantitative estimate of drug-likeness (QED) is 0.482. The molecule has 5 rings (SSSR count). The average Bonchev–Trinajstić information content (AvgIpc) is 3.10. The van der Waals surface area contributed by atoms with Gasteiger partial charge < -0.3 is 9.47 Å². The second-order valence-corrected chi connectivity index (χ2v) is 7.40. The zero-order valence-corrected chi connectivity index (χ0v) is 11.2. The lowest BCUT2D eigenvalue weighted by atomic mass is 9.60. The molecule has 0 aromatic rings. The van der Waals surface area contributed by atoms with Gasteiger partial charge in [-0.2, -0.15) is 0 Å². The topological polar surface area (TPSA) is 25.1 Å². The highest BCUT2D eigenvalue weighted by atomic mass is 16.7. The number of epoxide rings is 2. The van der Waals surface area contributed by atoms with Crippen molar-refractivity contribution < 1.29 is 9.47 Å². The van der Waals surface area contributed by atoms with Crippen LogP contribution >= 0.6 is 0 Å². The molecule has 0 aromatic carbocycles. The van der Waals surface area contributed by atoms with Crippen LogP contribution in [0.25, 0.3) is 0 Å². The molecule has 0 spiro atoms. The van der Waals surface area contributed by atoms with Crippen LogP contribution in [-0.2, 0) is 9.47 Å². The van der Waals surface area contributed by atoms with Crippen LogP contribution in [0.3, 0.4) is 0 Å². The van der Waals surface area contributed by atoms with E-state index in [9.17, 15) is 0 Å². The molecule has 0 radical (unpaired) electrons. The molecular formula is C16H20O2. The third-order valence-electron chi connectivity index (χ3n) is 6.19. The molecule has 0 unspecified atom stereocenters. The lowest BCUT2D eigenvalue weighted by molar-refractivity contribution is 0.180. The molecule has 2 saturated heterocycles. The summed E-state index contributed by atoms with van der Waals surface area (Å²) in [5, 5.41) is 0. The summed E-state index contributed by atoms with van der Waals surface area (Å²) in [6.07, 6.45) is 11.6. The van der Waals surface area contributed by atoms with E-state index in [1.165, 1.54) is 11.1 Å². The Kier molecular flexibility index (Phi) is 1.42. The Morgan fingerprint density at radius 3 is 1.67 bits per heavy atom. The fraction of sp³-hybridized carbons (Fsp3) is 0.750. The maximum atomic E-state index is 6.35. The van der Waals surface area contributed by atoms with Crippen LogP contribution in [0, 0.1) is 0 Å². The Hall–Kier alpha value is -0.600. The molecule has 96 valence electrons. The minimum Gasteiger partial charge on any atom is -0.362 e. The van der Waals surface area contributed by atoms with Crippen molar-refractivity contribution in [3.8, 4) is 0 Å². The molecule has 5 aliphatic rings. The first-order chi connectivity index (χ1) is 8.53. The molecule has 4 atom stereocenters. The fourth-order valence-electron chi connectivity index (χ4n) is 5.25. The summed E-state index contributed by atoms with van der Waals surface area (Å²) in [5.41, 5.74) is 3.59. The molecule has 2 nitrogen and oxygen atoms in total. The zero-order chi connectivity index (χ0) is 12.2. The minimum atomic E-state index is 0.143. The summed E-state index contributed by atoms with van der Waals surface area (Å²) >= 11 is 0. The van der Waals surface area contributed by atoms with Crippen molar-refractivity contribution in [1.82, 2.24) is 0 Å². The largest absolute Gasteiger partial charge is 0.362 e.